The third kappa shape index (κ3) is 5.73. The summed E-state index contributed by atoms with van der Waals surface area (Å²) in [6.45, 7) is 7.26. The van der Waals surface area contributed by atoms with Gasteiger partial charge in [0.25, 0.3) is 0 Å². The van der Waals surface area contributed by atoms with Gasteiger partial charge in [-0.1, -0.05) is 25.1 Å². The molecule has 4 nitrogen and oxygen atoms in total. The van der Waals surface area contributed by atoms with E-state index < -0.39 is 0 Å². The van der Waals surface area contributed by atoms with Crippen molar-refractivity contribution in [3.8, 4) is 0 Å². The van der Waals surface area contributed by atoms with Crippen molar-refractivity contribution in [2.45, 2.75) is 32.7 Å². The number of rotatable bonds is 5. The number of nitrogens with two attached hydrogens (primary N) is 1. The summed E-state index contributed by atoms with van der Waals surface area (Å²) in [6.07, 6.45) is 2.25. The van der Waals surface area contributed by atoms with Crippen LogP contribution in [0.25, 0.3) is 0 Å². The Morgan fingerprint density at radius 1 is 1.43 bits per heavy atom. The first-order chi connectivity index (χ1) is 9.69. The van der Waals surface area contributed by atoms with Crippen LogP contribution < -0.4 is 16.0 Å². The van der Waals surface area contributed by atoms with Crippen molar-refractivity contribution in [1.29, 1.82) is 0 Å². The van der Waals surface area contributed by atoms with E-state index in [1.165, 1.54) is 12.1 Å². The Morgan fingerprint density at radius 3 is 2.81 bits per heavy atom. The van der Waals surface area contributed by atoms with Crippen LogP contribution in [-0.2, 0) is 0 Å². The average molecular weight is 402 g/mol. The first-order valence-corrected chi connectivity index (χ1v) is 7.55. The van der Waals surface area contributed by atoms with Crippen LogP contribution in [0.3, 0.4) is 0 Å². The number of benzene rings is 1. The molecule has 1 fully saturated rings. The van der Waals surface area contributed by atoms with Crippen LogP contribution in [0.15, 0.2) is 35.3 Å². The Kier molecular flexibility index (Phi) is 7.85. The SMILES string of the molecule is CCC(C)NC(N)=NCC1CCN(c2ccccc2)C1.I. The molecule has 1 aromatic rings. The third-order valence-electron chi connectivity index (χ3n) is 3.93. The summed E-state index contributed by atoms with van der Waals surface area (Å²) in [5.41, 5.74) is 7.21. The van der Waals surface area contributed by atoms with E-state index in [4.69, 9.17) is 5.73 Å². The molecule has 21 heavy (non-hydrogen) atoms. The van der Waals surface area contributed by atoms with Crippen molar-refractivity contribution in [3.63, 3.8) is 0 Å². The van der Waals surface area contributed by atoms with Crippen LogP contribution in [-0.4, -0.2) is 31.6 Å². The minimum Gasteiger partial charge on any atom is -0.371 e. The van der Waals surface area contributed by atoms with E-state index in [1.807, 2.05) is 0 Å². The highest BCUT2D eigenvalue weighted by atomic mass is 127. The van der Waals surface area contributed by atoms with Crippen molar-refractivity contribution in [3.05, 3.63) is 30.3 Å². The lowest BCUT2D eigenvalue weighted by Crippen LogP contribution is -2.38. The first-order valence-electron chi connectivity index (χ1n) is 7.55. The lowest BCUT2D eigenvalue weighted by Gasteiger charge is -2.18. The first kappa shape index (κ1) is 18.1. The molecule has 5 heteroatoms. The molecule has 2 atom stereocenters. The maximum Gasteiger partial charge on any atom is 0.188 e. The third-order valence-corrected chi connectivity index (χ3v) is 3.93. The van der Waals surface area contributed by atoms with Gasteiger partial charge in [-0.3, -0.25) is 4.99 Å². The molecule has 0 radical (unpaired) electrons. The van der Waals surface area contributed by atoms with Crippen LogP contribution >= 0.6 is 24.0 Å². The van der Waals surface area contributed by atoms with Gasteiger partial charge in [-0.2, -0.15) is 0 Å². The molecule has 1 aliphatic rings. The second kappa shape index (κ2) is 9.12. The van der Waals surface area contributed by atoms with Gasteiger partial charge in [0, 0.05) is 31.4 Å². The van der Waals surface area contributed by atoms with Crippen LogP contribution in [0, 0.1) is 5.92 Å². The van der Waals surface area contributed by atoms with Gasteiger partial charge in [0.1, 0.15) is 0 Å². The highest BCUT2D eigenvalue weighted by Gasteiger charge is 2.22. The van der Waals surface area contributed by atoms with Crippen LogP contribution in [0.2, 0.25) is 0 Å². The number of hydrogen-bond donors (Lipinski definition) is 2. The molecular weight excluding hydrogens is 375 g/mol. The second-order valence-electron chi connectivity index (χ2n) is 5.62. The Bertz CT molecular complexity index is 435. The standard InChI is InChI=1S/C16H26N4.HI/c1-3-13(2)19-16(17)18-11-14-9-10-20(12-14)15-7-5-4-6-8-15;/h4-8,13-14H,3,9-12H2,1-2H3,(H3,17,18,19);1H. The summed E-state index contributed by atoms with van der Waals surface area (Å²) in [6, 6.07) is 11.0. The van der Waals surface area contributed by atoms with Crippen molar-refractivity contribution < 1.29 is 0 Å². The molecule has 0 aliphatic carbocycles. The number of para-hydroxylation sites is 1. The van der Waals surface area contributed by atoms with Crippen LogP contribution in [0.4, 0.5) is 5.69 Å². The largest absolute Gasteiger partial charge is 0.371 e. The molecule has 1 heterocycles. The molecule has 2 rings (SSSR count). The predicted octanol–water partition coefficient (Wildman–Crippen LogP) is 2.83. The van der Waals surface area contributed by atoms with Crippen molar-refractivity contribution in [2.75, 3.05) is 24.5 Å². The molecule has 0 saturated carbocycles. The van der Waals surface area contributed by atoms with Gasteiger partial charge in [-0.25, -0.2) is 0 Å². The van der Waals surface area contributed by atoms with E-state index in [0.29, 0.717) is 17.9 Å². The Hall–Kier alpha value is -0.980. The van der Waals surface area contributed by atoms with Crippen LogP contribution in [0.1, 0.15) is 26.7 Å². The van der Waals surface area contributed by atoms with E-state index in [2.05, 4.69) is 59.4 Å². The number of nitrogens with one attached hydrogen (secondary N) is 1. The topological polar surface area (TPSA) is 53.6 Å². The molecule has 2 unspecified atom stereocenters. The van der Waals surface area contributed by atoms with E-state index in [9.17, 15) is 0 Å². The van der Waals surface area contributed by atoms with E-state index in [-0.39, 0.29) is 24.0 Å². The van der Waals surface area contributed by atoms with E-state index in [1.54, 1.807) is 0 Å². The number of halogens is 1. The Balaban J connectivity index is 0.00000220. The van der Waals surface area contributed by atoms with Gasteiger partial charge >= 0.3 is 0 Å². The fourth-order valence-corrected chi connectivity index (χ4v) is 2.48. The molecule has 1 aromatic carbocycles. The second-order valence-corrected chi connectivity index (χ2v) is 5.62. The summed E-state index contributed by atoms with van der Waals surface area (Å²) < 4.78 is 0. The summed E-state index contributed by atoms with van der Waals surface area (Å²) >= 11 is 0. The quantitative estimate of drug-likeness (QED) is 0.453. The zero-order valence-corrected chi connectivity index (χ0v) is 15.3. The summed E-state index contributed by atoms with van der Waals surface area (Å²) in [4.78, 5) is 6.91. The minimum atomic E-state index is 0. The number of anilines is 1. The number of nitrogens with zero attached hydrogens (tertiary/aromatic N) is 2. The molecule has 0 aromatic heterocycles. The van der Waals surface area contributed by atoms with E-state index >= 15 is 0 Å². The molecule has 1 aliphatic heterocycles. The van der Waals surface area contributed by atoms with Crippen LogP contribution in [0.5, 0.6) is 0 Å². The van der Waals surface area contributed by atoms with Gasteiger partial charge < -0.3 is 16.0 Å². The molecule has 0 bridgehead atoms. The van der Waals surface area contributed by atoms with Gasteiger partial charge in [-0.05, 0) is 37.8 Å². The summed E-state index contributed by atoms with van der Waals surface area (Å²) in [5.74, 6) is 1.19. The van der Waals surface area contributed by atoms with Gasteiger partial charge in [0.15, 0.2) is 5.96 Å². The van der Waals surface area contributed by atoms with Crippen molar-refractivity contribution in [1.82, 2.24) is 5.32 Å². The highest BCUT2D eigenvalue weighted by molar-refractivity contribution is 14.0. The number of hydrogen-bond acceptors (Lipinski definition) is 2. The van der Waals surface area contributed by atoms with E-state index in [0.717, 1.165) is 26.1 Å². The summed E-state index contributed by atoms with van der Waals surface area (Å²) in [5, 5.41) is 3.21. The molecule has 3 N–H and O–H groups in total. The average Bonchev–Trinajstić information content (AvgIpc) is 2.95. The van der Waals surface area contributed by atoms with Gasteiger partial charge in [0.05, 0.1) is 0 Å². The smallest absolute Gasteiger partial charge is 0.188 e. The highest BCUT2D eigenvalue weighted by Crippen LogP contribution is 2.23. The maximum atomic E-state index is 5.90. The molecule has 118 valence electrons. The number of aliphatic imine (C=N–C) groups is 1. The minimum absolute atomic E-state index is 0. The molecule has 0 amide bonds. The monoisotopic (exact) mass is 402 g/mol. The summed E-state index contributed by atoms with van der Waals surface area (Å²) in [7, 11) is 0. The Labute approximate surface area is 145 Å². The zero-order valence-electron chi connectivity index (χ0n) is 13.0. The fraction of sp³-hybridized carbons (Fsp3) is 0.562. The van der Waals surface area contributed by atoms with Gasteiger partial charge in [-0.15, -0.1) is 24.0 Å². The molecule has 0 spiro atoms. The van der Waals surface area contributed by atoms with Crippen molar-refractivity contribution in [2.24, 2.45) is 16.6 Å². The lowest BCUT2D eigenvalue weighted by atomic mass is 10.1. The number of guanidine groups is 1. The maximum absolute atomic E-state index is 5.90. The zero-order chi connectivity index (χ0) is 14.4. The normalized spacial score (nSPS) is 20.0. The Morgan fingerprint density at radius 2 is 2.14 bits per heavy atom. The molecule has 1 saturated heterocycles. The van der Waals surface area contributed by atoms with Crippen molar-refractivity contribution >= 4 is 35.6 Å². The predicted molar refractivity (Wildman–Crippen MR) is 102 cm³/mol. The lowest BCUT2D eigenvalue weighted by molar-refractivity contribution is 0.593. The fourth-order valence-electron chi connectivity index (χ4n) is 2.48. The molecular formula is C16H27IN4. The van der Waals surface area contributed by atoms with Gasteiger partial charge in [0.2, 0.25) is 0 Å².